The molecule has 14 rings (SSSR count). The highest BCUT2D eigenvalue weighted by atomic mass is 15.1. The molecule has 0 radical (unpaired) electrons. The molecule has 0 unspecified atom stereocenters. The van der Waals surface area contributed by atoms with Crippen molar-refractivity contribution in [3.05, 3.63) is 296 Å². The Labute approximate surface area is 449 Å². The molecule has 2 heterocycles. The first kappa shape index (κ1) is 45.7. The van der Waals surface area contributed by atoms with Crippen LogP contribution < -0.4 is 9.80 Å². The average molecular weight is 987 g/mol. The number of aromatic nitrogens is 2. The van der Waals surface area contributed by atoms with Crippen molar-refractivity contribution in [3.8, 4) is 33.6 Å². The minimum Gasteiger partial charge on any atom is -0.310 e. The van der Waals surface area contributed by atoms with Gasteiger partial charge in [-0.3, -0.25) is 0 Å². The van der Waals surface area contributed by atoms with Gasteiger partial charge < -0.3 is 18.9 Å². The Bertz CT molecular complexity index is 4370. The molecule has 366 valence electrons. The number of hydrogen-bond donors (Lipinski definition) is 0. The minimum atomic E-state index is 1.06. The van der Waals surface area contributed by atoms with Gasteiger partial charge in [-0.25, -0.2) is 0 Å². The Hall–Kier alpha value is -9.90. The molecule has 1 aliphatic carbocycles. The Morgan fingerprint density at radius 2 is 0.714 bits per heavy atom. The third-order valence-corrected chi connectivity index (χ3v) is 15.4. The fraction of sp³-hybridized carbons (Fsp3) is 0.0411. The highest BCUT2D eigenvalue weighted by Crippen LogP contribution is 2.44. The highest BCUT2D eigenvalue weighted by Gasteiger charge is 2.21. The lowest BCUT2D eigenvalue weighted by atomic mass is 9.98. The maximum Gasteiger partial charge on any atom is 0.0542 e. The summed E-state index contributed by atoms with van der Waals surface area (Å²) >= 11 is 0. The number of fused-ring (bicyclic) bond motifs is 6. The number of allylic oxidation sites excluding steroid dienone is 4. The van der Waals surface area contributed by atoms with Crippen LogP contribution in [-0.4, -0.2) is 9.13 Å². The van der Waals surface area contributed by atoms with Crippen LogP contribution in [0.4, 0.5) is 34.1 Å². The standard InChI is InChI=1S/C73H54N4/c1-51-31-33-55(34-32-51)57-20-16-26-63(48-57)75(65-44-46-73-69(50-65)67-28-12-14-30-71(67)77(73)59-23-9-4-10-24-59)61-41-37-54(38-42-61)53-35-39-60(40-36-53)74(62-25-15-19-56(47-62)52-17-5-2-6-18-52)64-43-45-72-68(49-64)66-27-11-13-29-70(66)76(72)58-21-7-3-8-22-58/h3-5,7-50H,2,6H2,1H3. The summed E-state index contributed by atoms with van der Waals surface area (Å²) in [4.78, 5) is 4.81. The minimum absolute atomic E-state index is 1.06. The quantitative estimate of drug-likeness (QED) is 0.128. The van der Waals surface area contributed by atoms with Crippen molar-refractivity contribution in [1.82, 2.24) is 9.13 Å². The van der Waals surface area contributed by atoms with Gasteiger partial charge in [0, 0.05) is 67.0 Å². The highest BCUT2D eigenvalue weighted by molar-refractivity contribution is 6.12. The van der Waals surface area contributed by atoms with E-state index in [0.29, 0.717) is 0 Å². The van der Waals surface area contributed by atoms with Crippen LogP contribution in [0.1, 0.15) is 24.0 Å². The van der Waals surface area contributed by atoms with E-state index < -0.39 is 0 Å². The SMILES string of the molecule is Cc1ccc(-c2cccc(N(c3ccc(-c4ccc(N(c5cccc(C6=CCCC=C6)c5)c5ccc6c(c5)c5ccccc5n6-c5ccccc5)cc4)cc3)c3ccc4c(c3)c3ccccc3n4-c3ccccc3)c2)cc1. The monoisotopic (exact) mass is 986 g/mol. The van der Waals surface area contributed by atoms with Crippen molar-refractivity contribution in [2.45, 2.75) is 19.8 Å². The smallest absolute Gasteiger partial charge is 0.0542 e. The van der Waals surface area contributed by atoms with Crippen molar-refractivity contribution < 1.29 is 0 Å². The van der Waals surface area contributed by atoms with Crippen LogP contribution in [0.25, 0.3) is 82.8 Å². The van der Waals surface area contributed by atoms with E-state index in [9.17, 15) is 0 Å². The molecule has 2 aromatic heterocycles. The molecule has 11 aromatic carbocycles. The molecule has 0 saturated heterocycles. The molecule has 0 bridgehead atoms. The van der Waals surface area contributed by atoms with Crippen LogP contribution in [0.2, 0.25) is 0 Å². The maximum atomic E-state index is 2.41. The first-order valence-corrected chi connectivity index (χ1v) is 26.7. The molecule has 4 nitrogen and oxygen atoms in total. The molecule has 0 aliphatic heterocycles. The van der Waals surface area contributed by atoms with E-state index in [1.807, 2.05) is 0 Å². The Morgan fingerprint density at radius 3 is 1.22 bits per heavy atom. The predicted molar refractivity (Wildman–Crippen MR) is 326 cm³/mol. The predicted octanol–water partition coefficient (Wildman–Crippen LogP) is 20.2. The van der Waals surface area contributed by atoms with E-state index >= 15 is 0 Å². The van der Waals surface area contributed by atoms with Crippen molar-refractivity contribution in [2.75, 3.05) is 9.80 Å². The van der Waals surface area contributed by atoms with Crippen molar-refractivity contribution in [1.29, 1.82) is 0 Å². The van der Waals surface area contributed by atoms with E-state index in [2.05, 4.69) is 311 Å². The maximum absolute atomic E-state index is 2.41. The van der Waals surface area contributed by atoms with E-state index in [0.717, 1.165) is 69.5 Å². The third-order valence-electron chi connectivity index (χ3n) is 15.4. The summed E-state index contributed by atoms with van der Waals surface area (Å²) in [7, 11) is 0. The Morgan fingerprint density at radius 1 is 0.299 bits per heavy atom. The number of nitrogens with zero attached hydrogens (tertiary/aromatic N) is 4. The summed E-state index contributed by atoms with van der Waals surface area (Å²) in [6.45, 7) is 2.14. The van der Waals surface area contributed by atoms with E-state index in [1.165, 1.54) is 71.4 Å². The van der Waals surface area contributed by atoms with Crippen LogP contribution in [-0.2, 0) is 0 Å². The topological polar surface area (TPSA) is 16.3 Å². The number of rotatable bonds is 11. The van der Waals surface area contributed by atoms with Crippen LogP contribution in [0.15, 0.2) is 285 Å². The summed E-state index contributed by atoms with van der Waals surface area (Å²) in [5.74, 6) is 0. The van der Waals surface area contributed by atoms with E-state index in [-0.39, 0.29) is 0 Å². The van der Waals surface area contributed by atoms with E-state index in [4.69, 9.17) is 0 Å². The molecule has 77 heavy (non-hydrogen) atoms. The fourth-order valence-corrected chi connectivity index (χ4v) is 11.6. The van der Waals surface area contributed by atoms with Crippen molar-refractivity contribution in [3.63, 3.8) is 0 Å². The van der Waals surface area contributed by atoms with Crippen molar-refractivity contribution in [2.24, 2.45) is 0 Å². The molecule has 0 fully saturated rings. The number of benzene rings is 11. The second kappa shape index (κ2) is 19.4. The molecule has 0 atom stereocenters. The molecule has 0 spiro atoms. The Balaban J connectivity index is 0.857. The van der Waals surface area contributed by atoms with Gasteiger partial charge >= 0.3 is 0 Å². The first-order valence-electron chi connectivity index (χ1n) is 26.7. The molecular formula is C73H54N4. The second-order valence-corrected chi connectivity index (χ2v) is 20.1. The van der Waals surface area contributed by atoms with Gasteiger partial charge in [0.2, 0.25) is 0 Å². The fourth-order valence-electron chi connectivity index (χ4n) is 11.6. The van der Waals surface area contributed by atoms with Gasteiger partial charge in [0.25, 0.3) is 0 Å². The molecule has 13 aromatic rings. The molecular weight excluding hydrogens is 933 g/mol. The molecule has 4 heteroatoms. The van der Waals surface area contributed by atoms with Crippen molar-refractivity contribution >= 4 is 83.3 Å². The van der Waals surface area contributed by atoms with Crippen LogP contribution in [0, 0.1) is 6.92 Å². The number of hydrogen-bond acceptors (Lipinski definition) is 2. The average Bonchev–Trinajstić information content (AvgIpc) is 4.09. The zero-order chi connectivity index (χ0) is 51.2. The normalized spacial score (nSPS) is 12.4. The molecule has 0 amide bonds. The molecule has 0 saturated carbocycles. The summed E-state index contributed by atoms with van der Waals surface area (Å²) in [6.07, 6.45) is 9.06. The number of para-hydroxylation sites is 4. The zero-order valence-corrected chi connectivity index (χ0v) is 42.8. The lowest BCUT2D eigenvalue weighted by molar-refractivity contribution is 1.04. The van der Waals surface area contributed by atoms with Gasteiger partial charge in [-0.1, -0.05) is 169 Å². The van der Waals surface area contributed by atoms with Crippen LogP contribution in [0.5, 0.6) is 0 Å². The molecule has 0 N–H and O–H groups in total. The second-order valence-electron chi connectivity index (χ2n) is 20.1. The third kappa shape index (κ3) is 8.37. The van der Waals surface area contributed by atoms with Gasteiger partial charge in [-0.2, -0.15) is 0 Å². The van der Waals surface area contributed by atoms with Gasteiger partial charge in [-0.15, -0.1) is 0 Å². The lowest BCUT2D eigenvalue weighted by Crippen LogP contribution is -2.10. The zero-order valence-electron chi connectivity index (χ0n) is 42.8. The first-order chi connectivity index (χ1) is 38.1. The largest absolute Gasteiger partial charge is 0.310 e. The Kier molecular flexibility index (Phi) is 11.5. The summed E-state index contributed by atoms with van der Waals surface area (Å²) < 4.78 is 4.76. The van der Waals surface area contributed by atoms with Gasteiger partial charge in [-0.05, 0) is 174 Å². The van der Waals surface area contributed by atoms with Crippen LogP contribution >= 0.6 is 0 Å². The summed E-state index contributed by atoms with van der Waals surface area (Å²) in [5, 5.41) is 4.88. The van der Waals surface area contributed by atoms with E-state index in [1.54, 1.807) is 0 Å². The van der Waals surface area contributed by atoms with Gasteiger partial charge in [0.05, 0.1) is 22.1 Å². The number of aryl methyl sites for hydroxylation is 1. The molecule has 1 aliphatic rings. The number of anilines is 6. The van der Waals surface area contributed by atoms with Crippen LogP contribution in [0.3, 0.4) is 0 Å². The summed E-state index contributed by atoms with van der Waals surface area (Å²) in [5.41, 5.74) is 22.0. The summed E-state index contributed by atoms with van der Waals surface area (Å²) in [6, 6.07) is 97.7. The lowest BCUT2D eigenvalue weighted by Gasteiger charge is -2.27. The van der Waals surface area contributed by atoms with Gasteiger partial charge in [0.15, 0.2) is 0 Å². The van der Waals surface area contributed by atoms with Gasteiger partial charge in [0.1, 0.15) is 0 Å².